The van der Waals surface area contributed by atoms with Gasteiger partial charge in [0.05, 0.1) is 0 Å². The Morgan fingerprint density at radius 3 is 2.45 bits per heavy atom. The first-order valence-corrected chi connectivity index (χ1v) is 8.92. The van der Waals surface area contributed by atoms with Gasteiger partial charge in [-0.2, -0.15) is 0 Å². The number of rotatable bonds is 6. The molecule has 5 heteroatoms. The van der Waals surface area contributed by atoms with Gasteiger partial charge in [0.25, 0.3) is 0 Å². The third-order valence-corrected chi connectivity index (χ3v) is 5.22. The number of carbonyl (C=O) groups is 2. The lowest BCUT2D eigenvalue weighted by Gasteiger charge is -2.37. The summed E-state index contributed by atoms with van der Waals surface area (Å²) in [5.74, 6) is 0.272. The first-order chi connectivity index (χ1) is 10.6. The van der Waals surface area contributed by atoms with Crippen LogP contribution in [0.2, 0.25) is 0 Å². The molecule has 2 saturated carbocycles. The molecule has 0 unspecified atom stereocenters. The van der Waals surface area contributed by atoms with E-state index in [0.29, 0.717) is 13.0 Å². The zero-order valence-corrected chi connectivity index (χ0v) is 13.8. The van der Waals surface area contributed by atoms with Crippen molar-refractivity contribution in [3.63, 3.8) is 0 Å². The maximum Gasteiger partial charge on any atom is 0.245 e. The van der Waals surface area contributed by atoms with Gasteiger partial charge in [0.15, 0.2) is 0 Å². The molecule has 2 aliphatic rings. The Bertz CT molecular complexity index is 391. The van der Waals surface area contributed by atoms with Gasteiger partial charge in [-0.15, -0.1) is 0 Å². The predicted molar refractivity (Wildman–Crippen MR) is 87.2 cm³/mol. The molecule has 2 rings (SSSR count). The van der Waals surface area contributed by atoms with Crippen LogP contribution in [-0.4, -0.2) is 29.9 Å². The van der Waals surface area contributed by atoms with Crippen LogP contribution in [0, 0.1) is 5.92 Å². The second kappa shape index (κ2) is 7.95. The van der Waals surface area contributed by atoms with Crippen molar-refractivity contribution in [2.24, 2.45) is 11.7 Å². The number of carbonyl (C=O) groups excluding carboxylic acids is 2. The van der Waals surface area contributed by atoms with Crippen molar-refractivity contribution in [2.45, 2.75) is 82.7 Å². The minimum Gasteiger partial charge on any atom is -0.354 e. The molecule has 0 spiro atoms. The highest BCUT2D eigenvalue weighted by Crippen LogP contribution is 2.30. The van der Waals surface area contributed by atoms with E-state index in [1.807, 2.05) is 6.92 Å². The van der Waals surface area contributed by atoms with Crippen molar-refractivity contribution in [1.29, 1.82) is 0 Å². The van der Waals surface area contributed by atoms with Crippen molar-refractivity contribution in [3.8, 4) is 0 Å². The lowest BCUT2D eigenvalue weighted by atomic mass is 9.80. The van der Waals surface area contributed by atoms with E-state index in [1.54, 1.807) is 0 Å². The van der Waals surface area contributed by atoms with Gasteiger partial charge in [0, 0.05) is 19.0 Å². The number of amides is 2. The smallest absolute Gasteiger partial charge is 0.245 e. The van der Waals surface area contributed by atoms with Crippen LogP contribution in [0.15, 0.2) is 0 Å². The summed E-state index contributed by atoms with van der Waals surface area (Å²) < 4.78 is 0. The van der Waals surface area contributed by atoms with E-state index in [0.717, 1.165) is 57.8 Å². The average Bonchev–Trinajstić information content (AvgIpc) is 2.90. The average molecular weight is 309 g/mol. The zero-order valence-electron chi connectivity index (χ0n) is 13.8. The van der Waals surface area contributed by atoms with Gasteiger partial charge in [-0.1, -0.05) is 32.6 Å². The van der Waals surface area contributed by atoms with Crippen LogP contribution in [-0.2, 0) is 9.59 Å². The van der Waals surface area contributed by atoms with Gasteiger partial charge < -0.3 is 16.4 Å². The lowest BCUT2D eigenvalue weighted by Crippen LogP contribution is -2.60. The van der Waals surface area contributed by atoms with Crippen LogP contribution in [0.5, 0.6) is 0 Å². The van der Waals surface area contributed by atoms with E-state index >= 15 is 0 Å². The molecule has 2 atom stereocenters. The Labute approximate surface area is 133 Å². The maximum absolute atomic E-state index is 12.6. The highest BCUT2D eigenvalue weighted by atomic mass is 16.2. The van der Waals surface area contributed by atoms with Crippen molar-refractivity contribution in [3.05, 3.63) is 0 Å². The van der Waals surface area contributed by atoms with Crippen LogP contribution >= 0.6 is 0 Å². The summed E-state index contributed by atoms with van der Waals surface area (Å²) in [5, 5.41) is 6.05. The third-order valence-electron chi connectivity index (χ3n) is 5.22. The molecular formula is C17H31N3O2. The van der Waals surface area contributed by atoms with Crippen LogP contribution in [0.25, 0.3) is 0 Å². The van der Waals surface area contributed by atoms with E-state index in [4.69, 9.17) is 5.73 Å². The van der Waals surface area contributed by atoms with Crippen LogP contribution in [0.4, 0.5) is 0 Å². The minimum atomic E-state index is -0.687. The summed E-state index contributed by atoms with van der Waals surface area (Å²) in [6.07, 6.45) is 9.19. The Balaban J connectivity index is 1.96. The van der Waals surface area contributed by atoms with Gasteiger partial charge in [-0.3, -0.25) is 9.59 Å². The van der Waals surface area contributed by atoms with Gasteiger partial charge >= 0.3 is 0 Å². The molecule has 4 N–H and O–H groups in total. The molecule has 0 saturated heterocycles. The molecule has 22 heavy (non-hydrogen) atoms. The van der Waals surface area contributed by atoms with Gasteiger partial charge in [0.1, 0.15) is 5.54 Å². The number of hydrogen-bond donors (Lipinski definition) is 3. The summed E-state index contributed by atoms with van der Waals surface area (Å²) in [5.41, 5.74) is 5.37. The van der Waals surface area contributed by atoms with E-state index in [-0.39, 0.29) is 23.8 Å². The lowest BCUT2D eigenvalue weighted by molar-refractivity contribution is -0.135. The molecule has 2 amide bonds. The summed E-state index contributed by atoms with van der Waals surface area (Å²) in [4.78, 5) is 25.0. The highest BCUT2D eigenvalue weighted by Gasteiger charge is 2.41. The number of hydrogen-bond acceptors (Lipinski definition) is 3. The standard InChI is InChI=1S/C17H31N3O2/c1-2-11-19-16(22)17(9-4-3-5-10-17)20-15(21)12-13-7-6-8-14(13)18/h13-14H,2-12,18H2,1H3,(H,19,22)(H,20,21)/t13-,14+/m0/s1. The zero-order chi connectivity index (χ0) is 16.0. The second-order valence-corrected chi connectivity index (χ2v) is 7.01. The van der Waals surface area contributed by atoms with E-state index in [1.165, 1.54) is 0 Å². The molecule has 0 bridgehead atoms. The molecule has 2 fully saturated rings. The van der Waals surface area contributed by atoms with Crippen molar-refractivity contribution in [2.75, 3.05) is 6.54 Å². The highest BCUT2D eigenvalue weighted by molar-refractivity contribution is 5.91. The van der Waals surface area contributed by atoms with Crippen LogP contribution in [0.1, 0.15) is 71.1 Å². The molecule has 126 valence electrons. The maximum atomic E-state index is 12.6. The molecule has 0 aliphatic heterocycles. The van der Waals surface area contributed by atoms with E-state index in [9.17, 15) is 9.59 Å². The Kier molecular flexibility index (Phi) is 6.24. The minimum absolute atomic E-state index is 0.00174. The normalized spacial score (nSPS) is 27.4. The number of nitrogens with one attached hydrogen (secondary N) is 2. The van der Waals surface area contributed by atoms with E-state index in [2.05, 4.69) is 10.6 Å². The molecular weight excluding hydrogens is 278 g/mol. The Morgan fingerprint density at radius 2 is 1.86 bits per heavy atom. The first kappa shape index (κ1) is 17.3. The SMILES string of the molecule is CCCNC(=O)C1(NC(=O)C[C@@H]2CCC[C@H]2N)CCCCC1. The summed E-state index contributed by atoms with van der Waals surface area (Å²) in [6.45, 7) is 2.71. The van der Waals surface area contributed by atoms with Crippen molar-refractivity contribution >= 4 is 11.8 Å². The van der Waals surface area contributed by atoms with Gasteiger partial charge in [-0.25, -0.2) is 0 Å². The Hall–Kier alpha value is -1.10. The number of nitrogens with two attached hydrogens (primary N) is 1. The monoisotopic (exact) mass is 309 g/mol. The summed E-state index contributed by atoms with van der Waals surface area (Å²) >= 11 is 0. The quantitative estimate of drug-likeness (QED) is 0.700. The van der Waals surface area contributed by atoms with E-state index < -0.39 is 5.54 Å². The fourth-order valence-corrected chi connectivity index (χ4v) is 3.85. The van der Waals surface area contributed by atoms with Gasteiger partial charge in [0.2, 0.25) is 11.8 Å². The molecule has 0 aromatic carbocycles. The van der Waals surface area contributed by atoms with Crippen molar-refractivity contribution < 1.29 is 9.59 Å². The van der Waals surface area contributed by atoms with Crippen molar-refractivity contribution in [1.82, 2.24) is 10.6 Å². The third kappa shape index (κ3) is 4.22. The van der Waals surface area contributed by atoms with Gasteiger partial charge in [-0.05, 0) is 38.0 Å². The largest absolute Gasteiger partial charge is 0.354 e. The summed E-state index contributed by atoms with van der Waals surface area (Å²) in [7, 11) is 0. The topological polar surface area (TPSA) is 84.2 Å². The fraction of sp³-hybridized carbons (Fsp3) is 0.882. The Morgan fingerprint density at radius 1 is 1.14 bits per heavy atom. The van der Waals surface area contributed by atoms with Crippen LogP contribution < -0.4 is 16.4 Å². The van der Waals surface area contributed by atoms with Crippen LogP contribution in [0.3, 0.4) is 0 Å². The molecule has 2 aliphatic carbocycles. The molecule has 0 heterocycles. The molecule has 5 nitrogen and oxygen atoms in total. The first-order valence-electron chi connectivity index (χ1n) is 8.92. The fourth-order valence-electron chi connectivity index (χ4n) is 3.85. The second-order valence-electron chi connectivity index (χ2n) is 7.01. The predicted octanol–water partition coefficient (Wildman–Crippen LogP) is 1.85. The molecule has 0 aromatic heterocycles. The molecule has 0 radical (unpaired) electrons. The molecule has 0 aromatic rings. The summed E-state index contributed by atoms with van der Waals surface area (Å²) in [6, 6.07) is 0.141.